The van der Waals surface area contributed by atoms with Crippen LogP contribution >= 0.6 is 12.2 Å². The van der Waals surface area contributed by atoms with Crippen LogP contribution in [-0.2, 0) is 6.54 Å². The van der Waals surface area contributed by atoms with E-state index in [9.17, 15) is 0 Å². The van der Waals surface area contributed by atoms with E-state index in [2.05, 4.69) is 4.98 Å². The Morgan fingerprint density at radius 2 is 2.22 bits per heavy atom. The van der Waals surface area contributed by atoms with Gasteiger partial charge in [0.1, 0.15) is 22.3 Å². The summed E-state index contributed by atoms with van der Waals surface area (Å²) < 4.78 is 5.54. The lowest BCUT2D eigenvalue weighted by molar-refractivity contribution is 0.481. The first-order valence-electron chi connectivity index (χ1n) is 5.59. The van der Waals surface area contributed by atoms with Crippen molar-refractivity contribution < 1.29 is 4.42 Å². The zero-order valence-corrected chi connectivity index (χ0v) is 11.2. The number of hydrogen-bond donors (Lipinski definition) is 1. The molecule has 0 unspecified atom stereocenters. The van der Waals surface area contributed by atoms with Gasteiger partial charge in [-0.3, -0.25) is 0 Å². The Morgan fingerprint density at radius 1 is 1.44 bits per heavy atom. The van der Waals surface area contributed by atoms with Crippen molar-refractivity contribution in [2.75, 3.05) is 11.9 Å². The second kappa shape index (κ2) is 5.18. The lowest BCUT2D eigenvalue weighted by atomic mass is 10.2. The predicted octanol–water partition coefficient (Wildman–Crippen LogP) is 2.25. The number of pyridine rings is 1. The van der Waals surface area contributed by atoms with Crippen LogP contribution in [0.15, 0.2) is 34.9 Å². The van der Waals surface area contributed by atoms with Gasteiger partial charge in [0.2, 0.25) is 0 Å². The van der Waals surface area contributed by atoms with Gasteiger partial charge in [-0.05, 0) is 31.2 Å². The van der Waals surface area contributed by atoms with Crippen LogP contribution in [0.5, 0.6) is 0 Å². The van der Waals surface area contributed by atoms with Crippen molar-refractivity contribution in [1.29, 1.82) is 0 Å². The first kappa shape index (κ1) is 12.6. The zero-order valence-electron chi connectivity index (χ0n) is 10.4. The average Bonchev–Trinajstić information content (AvgIpc) is 2.74. The maximum Gasteiger partial charge on any atom is 0.138 e. The minimum Gasteiger partial charge on any atom is -0.464 e. The number of aromatic nitrogens is 1. The average molecular weight is 261 g/mol. The molecule has 0 fully saturated rings. The number of thiocarbonyl (C=S) groups is 1. The highest BCUT2D eigenvalue weighted by molar-refractivity contribution is 7.80. The standard InChI is InChI=1S/C13H15N3OS/c1-9-5-6-10(17-9)8-16(2)13-11(12(14)18)4-3-7-15-13/h3-7H,8H2,1-2H3,(H2,14,18). The van der Waals surface area contributed by atoms with Gasteiger partial charge in [0, 0.05) is 13.2 Å². The summed E-state index contributed by atoms with van der Waals surface area (Å²) in [4.78, 5) is 6.63. The number of hydrogen-bond acceptors (Lipinski definition) is 4. The van der Waals surface area contributed by atoms with Crippen LogP contribution < -0.4 is 10.6 Å². The molecule has 2 aromatic heterocycles. The fourth-order valence-electron chi connectivity index (χ4n) is 1.77. The fraction of sp³-hybridized carbons (Fsp3) is 0.231. The van der Waals surface area contributed by atoms with Crippen molar-refractivity contribution in [1.82, 2.24) is 4.98 Å². The Bertz CT molecular complexity index is 565. The lowest BCUT2D eigenvalue weighted by Gasteiger charge is -2.19. The van der Waals surface area contributed by atoms with E-state index in [4.69, 9.17) is 22.4 Å². The first-order valence-corrected chi connectivity index (χ1v) is 6.00. The molecule has 0 aliphatic heterocycles. The SMILES string of the molecule is Cc1ccc(CN(C)c2ncccc2C(N)=S)o1. The van der Waals surface area contributed by atoms with Crippen molar-refractivity contribution in [3.05, 3.63) is 47.5 Å². The quantitative estimate of drug-likeness (QED) is 0.855. The Kier molecular flexibility index (Phi) is 3.62. The normalized spacial score (nSPS) is 10.3. The van der Waals surface area contributed by atoms with Gasteiger partial charge in [-0.2, -0.15) is 0 Å². The number of anilines is 1. The van der Waals surface area contributed by atoms with Gasteiger partial charge in [0.15, 0.2) is 0 Å². The highest BCUT2D eigenvalue weighted by Crippen LogP contribution is 2.18. The Labute approximate surface area is 111 Å². The molecule has 0 aliphatic carbocycles. The molecule has 2 heterocycles. The summed E-state index contributed by atoms with van der Waals surface area (Å²) >= 11 is 5.03. The van der Waals surface area contributed by atoms with Crippen molar-refractivity contribution in [3.8, 4) is 0 Å². The molecule has 0 bridgehead atoms. The van der Waals surface area contributed by atoms with Crippen LogP contribution in [0.4, 0.5) is 5.82 Å². The number of furan rings is 1. The van der Waals surface area contributed by atoms with Crippen LogP contribution in [0.3, 0.4) is 0 Å². The van der Waals surface area contributed by atoms with Crippen LogP contribution in [0.2, 0.25) is 0 Å². The molecule has 0 atom stereocenters. The molecule has 0 aliphatic rings. The van der Waals surface area contributed by atoms with E-state index in [1.54, 1.807) is 6.20 Å². The summed E-state index contributed by atoms with van der Waals surface area (Å²) in [7, 11) is 1.93. The first-order chi connectivity index (χ1) is 8.58. The van der Waals surface area contributed by atoms with Gasteiger partial charge in [0.05, 0.1) is 12.1 Å². The van der Waals surface area contributed by atoms with Crippen LogP contribution in [-0.4, -0.2) is 17.0 Å². The molecule has 94 valence electrons. The second-order valence-electron chi connectivity index (χ2n) is 4.11. The van der Waals surface area contributed by atoms with Crippen molar-refractivity contribution >= 4 is 23.0 Å². The molecule has 0 spiro atoms. The highest BCUT2D eigenvalue weighted by Gasteiger charge is 2.12. The van der Waals surface area contributed by atoms with Gasteiger partial charge >= 0.3 is 0 Å². The van der Waals surface area contributed by atoms with Gasteiger partial charge in [0.25, 0.3) is 0 Å². The number of nitrogens with zero attached hydrogens (tertiary/aromatic N) is 2. The van der Waals surface area contributed by atoms with E-state index in [0.717, 1.165) is 22.9 Å². The van der Waals surface area contributed by atoms with Crippen LogP contribution in [0.1, 0.15) is 17.1 Å². The Morgan fingerprint density at radius 3 is 2.83 bits per heavy atom. The maximum absolute atomic E-state index is 5.69. The third kappa shape index (κ3) is 2.68. The summed E-state index contributed by atoms with van der Waals surface area (Å²) in [5.41, 5.74) is 6.47. The van der Waals surface area contributed by atoms with Crippen LogP contribution in [0, 0.1) is 6.92 Å². The van der Waals surface area contributed by atoms with E-state index in [1.807, 2.05) is 43.1 Å². The van der Waals surface area contributed by atoms with E-state index >= 15 is 0 Å². The molecule has 4 nitrogen and oxygen atoms in total. The smallest absolute Gasteiger partial charge is 0.138 e. The maximum atomic E-state index is 5.69. The zero-order chi connectivity index (χ0) is 13.1. The van der Waals surface area contributed by atoms with Gasteiger partial charge in [-0.15, -0.1) is 0 Å². The summed E-state index contributed by atoms with van der Waals surface area (Å²) in [6.07, 6.45) is 1.72. The summed E-state index contributed by atoms with van der Waals surface area (Å²) in [6, 6.07) is 7.59. The fourth-order valence-corrected chi connectivity index (χ4v) is 1.93. The predicted molar refractivity (Wildman–Crippen MR) is 75.7 cm³/mol. The summed E-state index contributed by atoms with van der Waals surface area (Å²) in [5, 5.41) is 0. The monoisotopic (exact) mass is 261 g/mol. The van der Waals surface area contributed by atoms with Crippen molar-refractivity contribution in [2.45, 2.75) is 13.5 Å². The third-order valence-corrected chi connectivity index (χ3v) is 2.82. The summed E-state index contributed by atoms with van der Waals surface area (Å²) in [5.74, 6) is 2.54. The number of nitrogens with two attached hydrogens (primary N) is 1. The molecule has 2 rings (SSSR count). The minimum absolute atomic E-state index is 0.348. The van der Waals surface area contributed by atoms with Gasteiger partial charge in [-0.25, -0.2) is 4.98 Å². The van der Waals surface area contributed by atoms with Crippen molar-refractivity contribution in [3.63, 3.8) is 0 Å². The van der Waals surface area contributed by atoms with Gasteiger partial charge in [-0.1, -0.05) is 12.2 Å². The minimum atomic E-state index is 0.348. The van der Waals surface area contributed by atoms with E-state index in [0.29, 0.717) is 11.5 Å². The van der Waals surface area contributed by atoms with E-state index < -0.39 is 0 Å². The molecule has 2 N–H and O–H groups in total. The molecule has 0 saturated heterocycles. The Hall–Kier alpha value is -1.88. The second-order valence-corrected chi connectivity index (χ2v) is 4.55. The molecule has 5 heteroatoms. The topological polar surface area (TPSA) is 55.3 Å². The van der Waals surface area contributed by atoms with Crippen molar-refractivity contribution in [2.24, 2.45) is 5.73 Å². The summed E-state index contributed by atoms with van der Waals surface area (Å²) in [6.45, 7) is 2.55. The molecular weight excluding hydrogens is 246 g/mol. The molecule has 0 amide bonds. The lowest BCUT2D eigenvalue weighted by Crippen LogP contribution is -2.22. The highest BCUT2D eigenvalue weighted by atomic mass is 32.1. The van der Waals surface area contributed by atoms with Gasteiger partial charge < -0.3 is 15.1 Å². The number of rotatable bonds is 4. The Balaban J connectivity index is 2.23. The van der Waals surface area contributed by atoms with E-state index in [1.165, 1.54) is 0 Å². The van der Waals surface area contributed by atoms with Crippen LogP contribution in [0.25, 0.3) is 0 Å². The largest absolute Gasteiger partial charge is 0.464 e. The number of aryl methyl sites for hydroxylation is 1. The molecule has 0 aromatic carbocycles. The molecule has 18 heavy (non-hydrogen) atoms. The molecule has 0 radical (unpaired) electrons. The molecule has 0 saturated carbocycles. The molecule has 2 aromatic rings. The molecular formula is C13H15N3OS. The third-order valence-electron chi connectivity index (χ3n) is 2.60. The van der Waals surface area contributed by atoms with E-state index in [-0.39, 0.29) is 0 Å².